The smallest absolute Gasteiger partial charge is 0.478 e. The molecule has 1 aromatic heterocycles. The number of piperidine rings is 1. The van der Waals surface area contributed by atoms with Crippen LogP contribution in [0.25, 0.3) is 10.9 Å². The Balaban J connectivity index is 0.000000307. The fourth-order valence-corrected chi connectivity index (χ4v) is 4.91. The number of rotatable bonds is 2. The van der Waals surface area contributed by atoms with Crippen molar-refractivity contribution in [3.8, 4) is 5.88 Å². The second kappa shape index (κ2) is 8.65. The van der Waals surface area contributed by atoms with E-state index in [4.69, 9.17) is 19.4 Å². The minimum atomic E-state index is -5.08. The van der Waals surface area contributed by atoms with Gasteiger partial charge in [-0.2, -0.15) is 13.2 Å². The predicted molar refractivity (Wildman–Crippen MR) is 109 cm³/mol. The lowest BCUT2D eigenvalue weighted by atomic mass is 10.0. The summed E-state index contributed by atoms with van der Waals surface area (Å²) in [5, 5.41) is 8.07. The molecule has 0 spiro atoms. The van der Waals surface area contributed by atoms with Gasteiger partial charge in [-0.25, -0.2) is 9.59 Å². The third-order valence-corrected chi connectivity index (χ3v) is 6.46. The van der Waals surface area contributed by atoms with Gasteiger partial charge in [0.25, 0.3) is 0 Å². The number of carboxylic acid groups (broad SMARTS) is 1. The number of alkyl halides is 3. The number of ether oxygens (including phenoxy) is 2. The standard InChI is InChI=1S/C20H24N2O3.C2HF3O2/c1-21-13-7-8-14(21)12-15(11-13)25-20(23)18-16-5-2-3-6-17(16)22-9-4-10-24-19(18)22;3-2(4,5)1(6)7/h2-3,5-6,13-15H,4,7-12H2,1H3;(H,6,7)/t13-,14+,15+;. The number of hydrogen-bond acceptors (Lipinski definition) is 5. The fourth-order valence-electron chi connectivity index (χ4n) is 4.91. The normalized spacial score (nSPS) is 24.8. The molecule has 0 unspecified atom stereocenters. The summed E-state index contributed by atoms with van der Waals surface area (Å²) < 4.78 is 45.7. The van der Waals surface area contributed by atoms with Crippen LogP contribution in [0.15, 0.2) is 24.3 Å². The summed E-state index contributed by atoms with van der Waals surface area (Å²) in [5.74, 6) is -2.29. The van der Waals surface area contributed by atoms with E-state index in [1.165, 1.54) is 12.8 Å². The zero-order valence-electron chi connectivity index (χ0n) is 17.6. The number of esters is 1. The third kappa shape index (κ3) is 4.28. The highest BCUT2D eigenvalue weighted by molar-refractivity contribution is 6.07. The Labute approximate surface area is 182 Å². The molecule has 0 aliphatic carbocycles. The Bertz CT molecular complexity index is 1000. The molecular weight excluding hydrogens is 429 g/mol. The van der Waals surface area contributed by atoms with E-state index in [1.807, 2.05) is 18.2 Å². The molecule has 2 aromatic rings. The van der Waals surface area contributed by atoms with Crippen LogP contribution < -0.4 is 4.74 Å². The van der Waals surface area contributed by atoms with Gasteiger partial charge < -0.3 is 24.0 Å². The number of carbonyl (C=O) groups excluding carboxylic acids is 1. The molecule has 7 nitrogen and oxygen atoms in total. The number of para-hydroxylation sites is 1. The van der Waals surface area contributed by atoms with Gasteiger partial charge in [0.05, 0.1) is 12.1 Å². The van der Waals surface area contributed by atoms with E-state index in [1.54, 1.807) is 0 Å². The van der Waals surface area contributed by atoms with Crippen molar-refractivity contribution >= 4 is 22.8 Å². The van der Waals surface area contributed by atoms with Gasteiger partial charge in [-0.05, 0) is 32.4 Å². The molecule has 32 heavy (non-hydrogen) atoms. The van der Waals surface area contributed by atoms with Gasteiger partial charge in [0.15, 0.2) is 0 Å². The molecule has 1 aromatic carbocycles. The maximum absolute atomic E-state index is 13.0. The highest BCUT2D eigenvalue weighted by Crippen LogP contribution is 2.38. The van der Waals surface area contributed by atoms with Crippen LogP contribution in [0.2, 0.25) is 0 Å². The van der Waals surface area contributed by atoms with Gasteiger partial charge in [-0.15, -0.1) is 0 Å². The first kappa shape index (κ1) is 22.4. The van der Waals surface area contributed by atoms with Gasteiger partial charge in [-0.3, -0.25) is 0 Å². The number of aromatic nitrogens is 1. The monoisotopic (exact) mass is 454 g/mol. The first-order valence-corrected chi connectivity index (χ1v) is 10.6. The van der Waals surface area contributed by atoms with Crippen LogP contribution in [-0.4, -0.2) is 64.5 Å². The average molecular weight is 454 g/mol. The molecule has 174 valence electrons. The van der Waals surface area contributed by atoms with E-state index >= 15 is 0 Å². The van der Waals surface area contributed by atoms with Crippen LogP contribution in [-0.2, 0) is 16.1 Å². The summed E-state index contributed by atoms with van der Waals surface area (Å²) in [6.07, 6.45) is 0.268. The van der Waals surface area contributed by atoms with Crippen LogP contribution >= 0.6 is 0 Å². The highest BCUT2D eigenvalue weighted by Gasteiger charge is 2.41. The molecule has 5 rings (SSSR count). The van der Waals surface area contributed by atoms with Crippen LogP contribution in [0.4, 0.5) is 13.2 Å². The largest absolute Gasteiger partial charge is 0.490 e. The predicted octanol–water partition coefficient (Wildman–Crippen LogP) is 3.84. The molecule has 3 atom stereocenters. The highest BCUT2D eigenvalue weighted by atomic mass is 19.4. The van der Waals surface area contributed by atoms with E-state index < -0.39 is 12.1 Å². The van der Waals surface area contributed by atoms with Gasteiger partial charge in [0.1, 0.15) is 11.7 Å². The Morgan fingerprint density at radius 3 is 2.41 bits per heavy atom. The van der Waals surface area contributed by atoms with Gasteiger partial charge >= 0.3 is 18.1 Å². The number of hydrogen-bond donors (Lipinski definition) is 1. The summed E-state index contributed by atoms with van der Waals surface area (Å²) in [7, 11) is 2.20. The van der Waals surface area contributed by atoms with Gasteiger partial charge in [0, 0.05) is 36.9 Å². The molecule has 0 radical (unpaired) electrons. The van der Waals surface area contributed by atoms with E-state index in [2.05, 4.69) is 22.6 Å². The lowest BCUT2D eigenvalue weighted by Crippen LogP contribution is -2.43. The first-order chi connectivity index (χ1) is 15.2. The van der Waals surface area contributed by atoms with E-state index in [0.29, 0.717) is 30.1 Å². The van der Waals surface area contributed by atoms with E-state index in [9.17, 15) is 18.0 Å². The van der Waals surface area contributed by atoms with Crippen LogP contribution in [0.3, 0.4) is 0 Å². The number of carbonyl (C=O) groups is 2. The molecular formula is C22H25F3N2O5. The summed E-state index contributed by atoms with van der Waals surface area (Å²) >= 11 is 0. The molecule has 3 aliphatic rings. The topological polar surface area (TPSA) is 81.0 Å². The van der Waals surface area contributed by atoms with Crippen molar-refractivity contribution in [1.82, 2.24) is 9.47 Å². The van der Waals surface area contributed by atoms with Gasteiger partial charge in [0.2, 0.25) is 5.88 Å². The molecule has 0 saturated carbocycles. The van der Waals surface area contributed by atoms with Crippen molar-refractivity contribution in [3.05, 3.63) is 29.8 Å². The van der Waals surface area contributed by atoms with Crippen molar-refractivity contribution < 1.29 is 37.3 Å². The minimum absolute atomic E-state index is 0.0269. The van der Waals surface area contributed by atoms with Crippen LogP contribution in [0, 0.1) is 0 Å². The second-order valence-corrected chi connectivity index (χ2v) is 8.40. The fraction of sp³-hybridized carbons (Fsp3) is 0.545. The third-order valence-electron chi connectivity index (χ3n) is 6.46. The number of benzene rings is 1. The summed E-state index contributed by atoms with van der Waals surface area (Å²) in [5.41, 5.74) is 1.68. The Morgan fingerprint density at radius 1 is 1.16 bits per heavy atom. The zero-order valence-corrected chi connectivity index (χ0v) is 17.6. The summed E-state index contributed by atoms with van der Waals surface area (Å²) in [4.78, 5) is 24.4. The molecule has 1 N–H and O–H groups in total. The van der Waals surface area contributed by atoms with Crippen molar-refractivity contribution in [3.63, 3.8) is 0 Å². The van der Waals surface area contributed by atoms with Crippen molar-refractivity contribution in [2.75, 3.05) is 13.7 Å². The number of carboxylic acids is 1. The molecule has 0 amide bonds. The molecule has 3 aliphatic heterocycles. The minimum Gasteiger partial charge on any atom is -0.478 e. The van der Waals surface area contributed by atoms with Crippen molar-refractivity contribution in [1.29, 1.82) is 0 Å². The zero-order chi connectivity index (χ0) is 23.0. The molecule has 2 fully saturated rings. The quantitative estimate of drug-likeness (QED) is 0.695. The number of aliphatic carboxylic acids is 1. The van der Waals surface area contributed by atoms with E-state index in [0.717, 1.165) is 36.7 Å². The van der Waals surface area contributed by atoms with Crippen molar-refractivity contribution in [2.45, 2.75) is 63.0 Å². The van der Waals surface area contributed by atoms with Crippen molar-refractivity contribution in [2.24, 2.45) is 0 Å². The summed E-state index contributed by atoms with van der Waals surface area (Å²) in [6.45, 7) is 1.55. The average Bonchev–Trinajstić information content (AvgIpc) is 3.16. The molecule has 2 bridgehead atoms. The number of aryl methyl sites for hydroxylation is 1. The lowest BCUT2D eigenvalue weighted by Gasteiger charge is -2.35. The van der Waals surface area contributed by atoms with Crippen LogP contribution in [0.1, 0.15) is 42.5 Å². The molecule has 4 heterocycles. The number of halogens is 3. The number of fused-ring (bicyclic) bond motifs is 5. The summed E-state index contributed by atoms with van der Waals surface area (Å²) in [6, 6.07) is 9.16. The van der Waals surface area contributed by atoms with Crippen LogP contribution in [0.5, 0.6) is 5.88 Å². The van der Waals surface area contributed by atoms with E-state index in [-0.39, 0.29) is 12.1 Å². The second-order valence-electron chi connectivity index (χ2n) is 8.40. The maximum Gasteiger partial charge on any atom is 0.490 e. The lowest BCUT2D eigenvalue weighted by molar-refractivity contribution is -0.192. The van der Waals surface area contributed by atoms with Gasteiger partial charge in [-0.1, -0.05) is 18.2 Å². The Kier molecular flexibility index (Phi) is 6.07. The molecule has 2 saturated heterocycles. The Hall–Kier alpha value is -2.75. The Morgan fingerprint density at radius 2 is 1.78 bits per heavy atom. The first-order valence-electron chi connectivity index (χ1n) is 10.6. The number of nitrogens with zero attached hydrogens (tertiary/aromatic N) is 2. The SMILES string of the molecule is CN1[C@@H]2CC[C@H]1C[C@@H](OC(=O)c1c3n(c4ccccc14)CCCO3)C2.O=C(O)C(F)(F)F. The maximum atomic E-state index is 13.0. The molecule has 10 heteroatoms.